The van der Waals surface area contributed by atoms with E-state index in [1.54, 1.807) is 0 Å². The van der Waals surface area contributed by atoms with Gasteiger partial charge in [-0.05, 0) is 36.1 Å². The Bertz CT molecular complexity index is 502. The van der Waals surface area contributed by atoms with Crippen LogP contribution >= 0.6 is 0 Å². The zero-order chi connectivity index (χ0) is 11.0. The second-order valence-electron chi connectivity index (χ2n) is 4.49. The first-order valence-electron chi connectivity index (χ1n) is 5.78. The van der Waals surface area contributed by atoms with Crippen molar-refractivity contribution < 1.29 is 0 Å². The summed E-state index contributed by atoms with van der Waals surface area (Å²) in [7, 11) is 0. The zero-order valence-electron chi connectivity index (χ0n) is 9.40. The quantitative estimate of drug-likeness (QED) is 0.755. The van der Waals surface area contributed by atoms with Gasteiger partial charge in [0.1, 0.15) is 0 Å². The average Bonchev–Trinajstić information content (AvgIpc) is 2.69. The summed E-state index contributed by atoms with van der Waals surface area (Å²) in [6.07, 6.45) is 1.14. The second-order valence-corrected chi connectivity index (χ2v) is 4.49. The normalized spacial score (nSPS) is 17.9. The van der Waals surface area contributed by atoms with E-state index in [0.717, 1.165) is 6.42 Å². The number of nitrogens with one attached hydrogen (secondary N) is 1. The molecule has 80 valence electrons. The highest BCUT2D eigenvalue weighted by Gasteiger charge is 2.16. The first kappa shape index (κ1) is 9.46. The summed E-state index contributed by atoms with van der Waals surface area (Å²) < 4.78 is 0. The average molecular weight is 209 g/mol. The van der Waals surface area contributed by atoms with E-state index in [9.17, 15) is 0 Å². The minimum absolute atomic E-state index is 0.570. The predicted molar refractivity (Wildman–Crippen MR) is 68.7 cm³/mol. The largest absolute Gasteiger partial charge is 0.382 e. The molecule has 1 nitrogen and oxygen atoms in total. The van der Waals surface area contributed by atoms with E-state index in [1.807, 2.05) is 0 Å². The third-order valence-electron chi connectivity index (χ3n) is 3.14. The van der Waals surface area contributed by atoms with Gasteiger partial charge in [-0.1, -0.05) is 42.5 Å². The van der Waals surface area contributed by atoms with Crippen LogP contribution in [-0.2, 0) is 6.42 Å². The first-order chi connectivity index (χ1) is 7.83. The van der Waals surface area contributed by atoms with Gasteiger partial charge in [-0.3, -0.25) is 0 Å². The molecule has 1 N–H and O–H groups in total. The van der Waals surface area contributed by atoms with Gasteiger partial charge in [0.05, 0.1) is 0 Å². The lowest BCUT2D eigenvalue weighted by atomic mass is 10.0. The maximum Gasteiger partial charge on any atom is 0.0381 e. The Hall–Kier alpha value is -1.76. The Morgan fingerprint density at radius 2 is 1.81 bits per heavy atom. The molecular formula is C15H15N. The number of anilines is 1. The molecule has 0 saturated carbocycles. The summed E-state index contributed by atoms with van der Waals surface area (Å²) in [5.41, 5.74) is 5.31. The molecule has 1 heterocycles. The van der Waals surface area contributed by atoms with Crippen molar-refractivity contribution in [1.82, 2.24) is 0 Å². The molecule has 0 spiro atoms. The van der Waals surface area contributed by atoms with Crippen LogP contribution in [0.4, 0.5) is 5.69 Å². The van der Waals surface area contributed by atoms with Gasteiger partial charge in [0.15, 0.2) is 0 Å². The van der Waals surface area contributed by atoms with Gasteiger partial charge in [0.2, 0.25) is 0 Å². The van der Waals surface area contributed by atoms with Gasteiger partial charge in [-0.25, -0.2) is 0 Å². The maximum atomic E-state index is 3.51. The van der Waals surface area contributed by atoms with Crippen molar-refractivity contribution in [3.05, 3.63) is 54.1 Å². The minimum atomic E-state index is 0.570. The van der Waals surface area contributed by atoms with Crippen molar-refractivity contribution in [1.29, 1.82) is 0 Å². The molecule has 3 rings (SSSR count). The van der Waals surface area contributed by atoms with E-state index in [-0.39, 0.29) is 0 Å². The van der Waals surface area contributed by atoms with Crippen molar-refractivity contribution in [2.45, 2.75) is 19.4 Å². The Kier molecular flexibility index (Phi) is 2.17. The molecule has 0 aliphatic carbocycles. The van der Waals surface area contributed by atoms with Crippen molar-refractivity contribution in [2.75, 3.05) is 5.32 Å². The monoisotopic (exact) mass is 209 g/mol. The molecule has 0 radical (unpaired) electrons. The lowest BCUT2D eigenvalue weighted by Gasteiger charge is -2.05. The molecule has 1 atom stereocenters. The Balaban J connectivity index is 2.03. The number of fused-ring (bicyclic) bond motifs is 1. The molecular weight excluding hydrogens is 194 g/mol. The molecule has 0 bridgehead atoms. The topological polar surface area (TPSA) is 12.0 Å². The molecule has 1 aliphatic heterocycles. The van der Waals surface area contributed by atoms with Crippen LogP contribution in [0.25, 0.3) is 11.1 Å². The highest BCUT2D eigenvalue weighted by Crippen LogP contribution is 2.30. The highest BCUT2D eigenvalue weighted by molar-refractivity contribution is 5.71. The molecule has 0 fully saturated rings. The highest BCUT2D eigenvalue weighted by atomic mass is 14.9. The van der Waals surface area contributed by atoms with Crippen LogP contribution in [0, 0.1) is 0 Å². The Morgan fingerprint density at radius 3 is 2.62 bits per heavy atom. The molecule has 16 heavy (non-hydrogen) atoms. The van der Waals surface area contributed by atoms with Crippen molar-refractivity contribution in [3.8, 4) is 11.1 Å². The van der Waals surface area contributed by atoms with Crippen molar-refractivity contribution >= 4 is 5.69 Å². The van der Waals surface area contributed by atoms with Crippen LogP contribution in [0.1, 0.15) is 12.5 Å². The van der Waals surface area contributed by atoms with Crippen molar-refractivity contribution in [2.24, 2.45) is 0 Å². The van der Waals surface area contributed by atoms with Crippen LogP contribution in [-0.4, -0.2) is 6.04 Å². The minimum Gasteiger partial charge on any atom is -0.382 e. The van der Waals surface area contributed by atoms with Gasteiger partial charge >= 0.3 is 0 Å². The zero-order valence-corrected chi connectivity index (χ0v) is 9.40. The summed E-state index contributed by atoms with van der Waals surface area (Å²) >= 11 is 0. The molecule has 2 aromatic carbocycles. The first-order valence-corrected chi connectivity index (χ1v) is 5.78. The lowest BCUT2D eigenvalue weighted by molar-refractivity contribution is 0.839. The molecule has 0 amide bonds. The fraction of sp³-hybridized carbons (Fsp3) is 0.200. The number of hydrogen-bond donors (Lipinski definition) is 1. The van der Waals surface area contributed by atoms with Gasteiger partial charge in [0.25, 0.3) is 0 Å². The Morgan fingerprint density at radius 1 is 1.00 bits per heavy atom. The second kappa shape index (κ2) is 3.67. The summed E-state index contributed by atoms with van der Waals surface area (Å²) in [5.74, 6) is 0. The molecule has 1 unspecified atom stereocenters. The van der Waals surface area contributed by atoms with Crippen LogP contribution in [0.5, 0.6) is 0 Å². The molecule has 1 heteroatoms. The molecule has 0 aromatic heterocycles. The third-order valence-corrected chi connectivity index (χ3v) is 3.14. The smallest absolute Gasteiger partial charge is 0.0381 e. The number of rotatable bonds is 1. The molecule has 1 aliphatic rings. The van der Waals surface area contributed by atoms with Gasteiger partial charge in [-0.15, -0.1) is 0 Å². The van der Waals surface area contributed by atoms with E-state index in [4.69, 9.17) is 0 Å². The number of benzene rings is 2. The van der Waals surface area contributed by atoms with E-state index >= 15 is 0 Å². The predicted octanol–water partition coefficient (Wildman–Crippen LogP) is 3.71. The van der Waals surface area contributed by atoms with Gasteiger partial charge in [0, 0.05) is 11.7 Å². The number of hydrogen-bond acceptors (Lipinski definition) is 1. The SMILES string of the molecule is CC1Cc2ccc(-c3ccccc3)cc2N1. The summed E-state index contributed by atoms with van der Waals surface area (Å²) in [4.78, 5) is 0. The van der Waals surface area contributed by atoms with Crippen LogP contribution in [0.3, 0.4) is 0 Å². The Labute approximate surface area is 96.1 Å². The summed E-state index contributed by atoms with van der Waals surface area (Å²) in [6.45, 7) is 2.22. The van der Waals surface area contributed by atoms with Crippen LogP contribution in [0.15, 0.2) is 48.5 Å². The fourth-order valence-electron chi connectivity index (χ4n) is 2.35. The third kappa shape index (κ3) is 1.58. The van der Waals surface area contributed by atoms with Crippen molar-refractivity contribution in [3.63, 3.8) is 0 Å². The fourth-order valence-corrected chi connectivity index (χ4v) is 2.35. The summed E-state index contributed by atoms with van der Waals surface area (Å²) in [6, 6.07) is 17.8. The lowest BCUT2D eigenvalue weighted by Crippen LogP contribution is -2.08. The van der Waals surface area contributed by atoms with E-state index in [0.29, 0.717) is 6.04 Å². The maximum absolute atomic E-state index is 3.51. The van der Waals surface area contributed by atoms with Crippen LogP contribution < -0.4 is 5.32 Å². The molecule has 0 saturated heterocycles. The molecule has 2 aromatic rings. The van der Waals surface area contributed by atoms with Crippen LogP contribution in [0.2, 0.25) is 0 Å². The summed E-state index contributed by atoms with van der Waals surface area (Å²) in [5, 5.41) is 3.51. The van der Waals surface area contributed by atoms with E-state index in [2.05, 4.69) is 60.8 Å². The van der Waals surface area contributed by atoms with E-state index in [1.165, 1.54) is 22.4 Å². The standard InChI is InChI=1S/C15H15N/c1-11-9-14-8-7-13(10-15(14)16-11)12-5-3-2-4-6-12/h2-8,10-11,16H,9H2,1H3. The van der Waals surface area contributed by atoms with Gasteiger partial charge in [-0.2, -0.15) is 0 Å². The van der Waals surface area contributed by atoms with Gasteiger partial charge < -0.3 is 5.32 Å². The van der Waals surface area contributed by atoms with E-state index < -0.39 is 0 Å².